The van der Waals surface area contributed by atoms with Gasteiger partial charge in [-0.25, -0.2) is 4.98 Å². The molecule has 2 aliphatic rings. The number of hydrogen-bond donors (Lipinski definition) is 1. The molecule has 1 aliphatic carbocycles. The van der Waals surface area contributed by atoms with E-state index >= 15 is 0 Å². The van der Waals surface area contributed by atoms with Gasteiger partial charge in [0.1, 0.15) is 5.82 Å². The van der Waals surface area contributed by atoms with Crippen LogP contribution in [0.3, 0.4) is 0 Å². The van der Waals surface area contributed by atoms with Gasteiger partial charge in [0.05, 0.1) is 30.0 Å². The summed E-state index contributed by atoms with van der Waals surface area (Å²) in [7, 11) is 1.58. The largest absolute Gasteiger partial charge is 0.481 e. The van der Waals surface area contributed by atoms with Gasteiger partial charge in [-0.2, -0.15) is 0 Å². The molecular weight excluding hydrogens is 420 g/mol. The lowest BCUT2D eigenvalue weighted by atomic mass is 10.0. The van der Waals surface area contributed by atoms with Crippen molar-refractivity contribution in [2.75, 3.05) is 18.6 Å². The average Bonchev–Trinajstić information content (AvgIpc) is 3.57. The third kappa shape index (κ3) is 3.02. The number of aryl methyl sites for hydroxylation is 1. The van der Waals surface area contributed by atoms with Crippen LogP contribution in [0.4, 0.5) is 5.69 Å². The van der Waals surface area contributed by atoms with Crippen molar-refractivity contribution in [3.05, 3.63) is 57.3 Å². The van der Waals surface area contributed by atoms with Gasteiger partial charge in [0.25, 0.3) is 11.5 Å². The number of carbonyl (C=O) groups excluding carboxylic acids is 1. The topological polar surface area (TPSA) is 105 Å². The van der Waals surface area contributed by atoms with E-state index < -0.39 is 0 Å². The highest BCUT2D eigenvalue weighted by Crippen LogP contribution is 2.35. The molecule has 9 nitrogen and oxygen atoms in total. The van der Waals surface area contributed by atoms with Crippen LogP contribution in [-0.4, -0.2) is 44.1 Å². The molecule has 1 fully saturated rings. The molecule has 3 aromatic heterocycles. The second-order valence-corrected chi connectivity index (χ2v) is 8.90. The van der Waals surface area contributed by atoms with Crippen molar-refractivity contribution in [1.29, 1.82) is 0 Å². The van der Waals surface area contributed by atoms with Crippen molar-refractivity contribution in [3.8, 4) is 5.88 Å². The van der Waals surface area contributed by atoms with E-state index in [4.69, 9.17) is 4.74 Å². The Kier molecular flexibility index (Phi) is 4.46. The normalized spacial score (nSPS) is 16.1. The number of nitrogens with zero attached hydrogens (tertiary/aromatic N) is 5. The molecule has 1 aromatic carbocycles. The Morgan fingerprint density at radius 1 is 1.18 bits per heavy atom. The second kappa shape index (κ2) is 7.40. The third-order valence-electron chi connectivity index (χ3n) is 6.96. The van der Waals surface area contributed by atoms with Crippen molar-refractivity contribution in [2.45, 2.75) is 44.9 Å². The molecule has 168 valence electrons. The van der Waals surface area contributed by atoms with Gasteiger partial charge in [0.15, 0.2) is 0 Å². The van der Waals surface area contributed by atoms with E-state index in [-0.39, 0.29) is 11.5 Å². The first kappa shape index (κ1) is 19.9. The first-order valence-electron chi connectivity index (χ1n) is 11.3. The molecule has 4 heterocycles. The third-order valence-corrected chi connectivity index (χ3v) is 6.96. The molecule has 0 atom stereocenters. The first-order valence-corrected chi connectivity index (χ1v) is 11.3. The van der Waals surface area contributed by atoms with Crippen LogP contribution in [0.15, 0.2) is 29.2 Å². The Hall–Kier alpha value is -3.75. The molecule has 33 heavy (non-hydrogen) atoms. The van der Waals surface area contributed by atoms with Crippen LogP contribution in [0.1, 0.15) is 58.9 Å². The lowest BCUT2D eigenvalue weighted by Gasteiger charge is -2.19. The quantitative estimate of drug-likeness (QED) is 0.520. The Labute approximate surface area is 189 Å². The van der Waals surface area contributed by atoms with Gasteiger partial charge in [-0.05, 0) is 49.4 Å². The van der Waals surface area contributed by atoms with Gasteiger partial charge >= 0.3 is 0 Å². The number of benzene rings is 1. The molecule has 1 amide bonds. The van der Waals surface area contributed by atoms with E-state index in [2.05, 4.69) is 20.2 Å². The van der Waals surface area contributed by atoms with Crippen molar-refractivity contribution in [2.24, 2.45) is 0 Å². The SMILES string of the molecule is COc1cc2c(cn1)N(C(=O)c1cc3[nH]c(=O)c4nnc(C5CCCC5)n4c3cc1C)CC2. The molecule has 0 bridgehead atoms. The summed E-state index contributed by atoms with van der Waals surface area (Å²) in [6, 6.07) is 5.61. The standard InChI is InChI=1S/C24H24N6O3/c1-13-9-18-17(26-23(31)22-28-27-21(30(18)22)14-5-3-4-6-14)11-16(13)24(32)29-8-7-15-10-20(33-2)25-12-19(15)29/h9-12,14H,3-8H2,1-2H3,(H,26,31). The summed E-state index contributed by atoms with van der Waals surface area (Å²) in [5.41, 5.74) is 4.65. The van der Waals surface area contributed by atoms with E-state index in [1.54, 1.807) is 24.3 Å². The maximum Gasteiger partial charge on any atom is 0.294 e. The zero-order valence-corrected chi connectivity index (χ0v) is 18.6. The number of anilines is 1. The summed E-state index contributed by atoms with van der Waals surface area (Å²) in [6.07, 6.45) is 6.86. The highest BCUT2D eigenvalue weighted by atomic mass is 16.5. The summed E-state index contributed by atoms with van der Waals surface area (Å²) in [5.74, 6) is 1.57. The minimum absolute atomic E-state index is 0.110. The number of aromatic nitrogens is 5. The van der Waals surface area contributed by atoms with E-state index in [9.17, 15) is 9.59 Å². The van der Waals surface area contributed by atoms with Crippen LogP contribution >= 0.6 is 0 Å². The molecule has 1 aliphatic heterocycles. The van der Waals surface area contributed by atoms with Gasteiger partial charge in [0, 0.05) is 24.1 Å². The summed E-state index contributed by atoms with van der Waals surface area (Å²) < 4.78 is 7.09. The van der Waals surface area contributed by atoms with E-state index in [0.717, 1.165) is 60.3 Å². The van der Waals surface area contributed by atoms with Gasteiger partial charge in [-0.3, -0.25) is 14.0 Å². The summed E-state index contributed by atoms with van der Waals surface area (Å²) >= 11 is 0. The predicted octanol–water partition coefficient (Wildman–Crippen LogP) is 3.14. The Bertz CT molecular complexity index is 1480. The van der Waals surface area contributed by atoms with Crippen LogP contribution in [0.5, 0.6) is 5.88 Å². The highest BCUT2D eigenvalue weighted by Gasteiger charge is 2.29. The van der Waals surface area contributed by atoms with Crippen LogP contribution in [0, 0.1) is 6.92 Å². The lowest BCUT2D eigenvalue weighted by Crippen LogP contribution is -2.29. The molecule has 0 saturated heterocycles. The molecule has 6 rings (SSSR count). The van der Waals surface area contributed by atoms with Gasteiger partial charge < -0.3 is 14.6 Å². The number of methoxy groups -OCH3 is 1. The van der Waals surface area contributed by atoms with Crippen LogP contribution < -0.4 is 15.2 Å². The van der Waals surface area contributed by atoms with Gasteiger partial charge in [0.2, 0.25) is 11.5 Å². The maximum absolute atomic E-state index is 13.5. The van der Waals surface area contributed by atoms with Crippen LogP contribution in [0.25, 0.3) is 16.7 Å². The number of H-pyrrole nitrogens is 1. The van der Waals surface area contributed by atoms with Crippen molar-refractivity contribution in [3.63, 3.8) is 0 Å². The highest BCUT2D eigenvalue weighted by molar-refractivity contribution is 6.09. The van der Waals surface area contributed by atoms with E-state index in [1.165, 1.54) is 0 Å². The van der Waals surface area contributed by atoms with Crippen molar-refractivity contribution in [1.82, 2.24) is 24.6 Å². The molecule has 0 unspecified atom stereocenters. The number of hydrogen-bond acceptors (Lipinski definition) is 6. The first-order chi connectivity index (χ1) is 16.0. The van der Waals surface area contributed by atoms with Gasteiger partial charge in [-0.1, -0.05) is 12.8 Å². The fourth-order valence-corrected chi connectivity index (χ4v) is 5.25. The fraction of sp³-hybridized carbons (Fsp3) is 0.375. The number of carbonyl (C=O) groups is 1. The number of amides is 1. The number of aromatic amines is 1. The average molecular weight is 444 g/mol. The Morgan fingerprint density at radius 2 is 2.00 bits per heavy atom. The molecule has 1 N–H and O–H groups in total. The Balaban J connectivity index is 1.47. The molecule has 1 saturated carbocycles. The maximum atomic E-state index is 13.5. The van der Waals surface area contributed by atoms with Crippen molar-refractivity contribution < 1.29 is 9.53 Å². The fourth-order valence-electron chi connectivity index (χ4n) is 5.25. The summed E-state index contributed by atoms with van der Waals surface area (Å²) in [5, 5.41) is 8.56. The van der Waals surface area contributed by atoms with Gasteiger partial charge in [-0.15, -0.1) is 10.2 Å². The number of fused-ring (bicyclic) bond motifs is 4. The van der Waals surface area contributed by atoms with Crippen LogP contribution in [-0.2, 0) is 6.42 Å². The minimum atomic E-state index is -0.302. The summed E-state index contributed by atoms with van der Waals surface area (Å²) in [4.78, 5) is 35.2. The summed E-state index contributed by atoms with van der Waals surface area (Å²) in [6.45, 7) is 2.50. The van der Waals surface area contributed by atoms with Crippen LogP contribution in [0.2, 0.25) is 0 Å². The number of pyridine rings is 1. The number of rotatable bonds is 3. The second-order valence-electron chi connectivity index (χ2n) is 8.90. The molecule has 9 heteroatoms. The molecule has 0 spiro atoms. The predicted molar refractivity (Wildman–Crippen MR) is 123 cm³/mol. The van der Waals surface area contributed by atoms with E-state index in [1.807, 2.05) is 23.5 Å². The smallest absolute Gasteiger partial charge is 0.294 e. The Morgan fingerprint density at radius 3 is 2.79 bits per heavy atom. The van der Waals surface area contributed by atoms with Crippen molar-refractivity contribution >= 4 is 28.3 Å². The number of ether oxygens (including phenoxy) is 1. The lowest BCUT2D eigenvalue weighted by molar-refractivity contribution is 0.0989. The molecule has 4 aromatic rings. The molecule has 0 radical (unpaired) electrons. The van der Waals surface area contributed by atoms with E-state index in [0.29, 0.717) is 35.1 Å². The minimum Gasteiger partial charge on any atom is -0.481 e. The zero-order valence-electron chi connectivity index (χ0n) is 18.6. The molecular formula is C24H24N6O3. The monoisotopic (exact) mass is 444 g/mol. The zero-order chi connectivity index (χ0) is 22.7. The number of nitrogens with one attached hydrogen (secondary N) is 1.